The van der Waals surface area contributed by atoms with Crippen LogP contribution in [-0.2, 0) is 6.61 Å². The van der Waals surface area contributed by atoms with Crippen LogP contribution in [0.25, 0.3) is 0 Å². The highest BCUT2D eigenvalue weighted by Crippen LogP contribution is 2.19. The van der Waals surface area contributed by atoms with E-state index in [1.807, 2.05) is 48.5 Å². The summed E-state index contributed by atoms with van der Waals surface area (Å²) in [5, 5.41) is 14.9. The number of ether oxygens (including phenoxy) is 1. The van der Waals surface area contributed by atoms with E-state index < -0.39 is 10.8 Å². The Labute approximate surface area is 167 Å². The Hall–Kier alpha value is -4.00. The van der Waals surface area contributed by atoms with Gasteiger partial charge in [-0.3, -0.25) is 14.9 Å². The second kappa shape index (κ2) is 9.27. The van der Waals surface area contributed by atoms with E-state index in [9.17, 15) is 14.9 Å². The molecule has 0 heterocycles. The number of nitrogens with one attached hydrogen (secondary N) is 1. The molecule has 0 aliphatic rings. The summed E-state index contributed by atoms with van der Waals surface area (Å²) in [6.07, 6.45) is 1.48. The van der Waals surface area contributed by atoms with Crippen molar-refractivity contribution in [3.63, 3.8) is 0 Å². The smallest absolute Gasteiger partial charge is 0.273 e. The number of nitro groups is 1. The molecule has 0 unspecified atom stereocenters. The minimum atomic E-state index is -0.527. The molecule has 0 bridgehead atoms. The van der Waals surface area contributed by atoms with Gasteiger partial charge in [-0.2, -0.15) is 5.10 Å². The fourth-order valence-corrected chi connectivity index (χ4v) is 2.60. The van der Waals surface area contributed by atoms with E-state index >= 15 is 0 Å². The van der Waals surface area contributed by atoms with Crippen molar-refractivity contribution in [1.82, 2.24) is 5.43 Å². The molecule has 0 aliphatic carbocycles. The number of nitro benzene ring substituents is 1. The maximum atomic E-state index is 12.2. The first-order valence-electron chi connectivity index (χ1n) is 8.88. The molecule has 1 N–H and O–H groups in total. The van der Waals surface area contributed by atoms with Crippen molar-refractivity contribution < 1.29 is 14.5 Å². The number of aryl methyl sites for hydroxylation is 1. The molecular formula is C22H19N3O4. The van der Waals surface area contributed by atoms with Gasteiger partial charge in [0.2, 0.25) is 0 Å². The van der Waals surface area contributed by atoms with Gasteiger partial charge in [-0.1, -0.05) is 48.5 Å². The topological polar surface area (TPSA) is 93.8 Å². The Bertz CT molecular complexity index is 1050. The highest BCUT2D eigenvalue weighted by molar-refractivity contribution is 5.95. The Morgan fingerprint density at radius 3 is 2.66 bits per heavy atom. The molecule has 3 aromatic carbocycles. The van der Waals surface area contributed by atoms with Crippen molar-refractivity contribution in [2.45, 2.75) is 13.5 Å². The van der Waals surface area contributed by atoms with Crippen molar-refractivity contribution >= 4 is 17.8 Å². The lowest BCUT2D eigenvalue weighted by Gasteiger charge is -2.06. The van der Waals surface area contributed by atoms with Crippen molar-refractivity contribution in [3.05, 3.63) is 105 Å². The van der Waals surface area contributed by atoms with Crippen LogP contribution in [0.1, 0.15) is 27.0 Å². The number of carbonyl (C=O) groups is 1. The largest absolute Gasteiger partial charge is 0.489 e. The van der Waals surface area contributed by atoms with Gasteiger partial charge in [0, 0.05) is 17.2 Å². The molecule has 0 aliphatic heterocycles. The Morgan fingerprint density at radius 1 is 1.10 bits per heavy atom. The van der Waals surface area contributed by atoms with Crippen LogP contribution in [0, 0.1) is 17.0 Å². The van der Waals surface area contributed by atoms with E-state index in [0.717, 1.165) is 11.1 Å². The summed E-state index contributed by atoms with van der Waals surface area (Å²) >= 11 is 0. The van der Waals surface area contributed by atoms with Crippen molar-refractivity contribution in [2.75, 3.05) is 0 Å². The predicted molar refractivity (Wildman–Crippen MR) is 110 cm³/mol. The maximum Gasteiger partial charge on any atom is 0.273 e. The molecule has 146 valence electrons. The normalized spacial score (nSPS) is 10.7. The van der Waals surface area contributed by atoms with Crippen LogP contribution in [0.15, 0.2) is 77.9 Å². The molecule has 0 fully saturated rings. The van der Waals surface area contributed by atoms with E-state index in [2.05, 4.69) is 10.5 Å². The van der Waals surface area contributed by atoms with Gasteiger partial charge < -0.3 is 4.74 Å². The first-order chi connectivity index (χ1) is 14.0. The first kappa shape index (κ1) is 19.8. The van der Waals surface area contributed by atoms with E-state index in [4.69, 9.17) is 4.74 Å². The Balaban J connectivity index is 1.61. The summed E-state index contributed by atoms with van der Waals surface area (Å²) in [4.78, 5) is 22.7. The quantitative estimate of drug-likeness (QED) is 0.371. The lowest BCUT2D eigenvalue weighted by Crippen LogP contribution is -2.17. The molecule has 0 aromatic heterocycles. The van der Waals surface area contributed by atoms with Gasteiger partial charge in [-0.25, -0.2) is 5.43 Å². The van der Waals surface area contributed by atoms with Crippen LogP contribution in [0.3, 0.4) is 0 Å². The molecule has 1 amide bonds. The number of hydrogen-bond acceptors (Lipinski definition) is 5. The lowest BCUT2D eigenvalue weighted by atomic mass is 10.1. The molecule has 0 saturated heterocycles. The van der Waals surface area contributed by atoms with Crippen LogP contribution in [0.4, 0.5) is 5.69 Å². The van der Waals surface area contributed by atoms with Crippen LogP contribution in [0.2, 0.25) is 0 Å². The third-order valence-electron chi connectivity index (χ3n) is 4.15. The number of amides is 1. The Kier molecular flexibility index (Phi) is 6.32. The van der Waals surface area contributed by atoms with E-state index in [0.29, 0.717) is 17.9 Å². The minimum Gasteiger partial charge on any atom is -0.489 e. The van der Waals surface area contributed by atoms with E-state index in [-0.39, 0.29) is 11.3 Å². The average molecular weight is 389 g/mol. The molecule has 3 aromatic rings. The monoisotopic (exact) mass is 389 g/mol. The predicted octanol–water partition coefficient (Wildman–Crippen LogP) is 4.25. The summed E-state index contributed by atoms with van der Waals surface area (Å²) in [5.74, 6) is 0.152. The zero-order valence-corrected chi connectivity index (χ0v) is 15.7. The molecule has 0 saturated carbocycles. The fraction of sp³-hybridized carbons (Fsp3) is 0.0909. The van der Waals surface area contributed by atoms with Gasteiger partial charge in [0.25, 0.3) is 11.6 Å². The van der Waals surface area contributed by atoms with Crippen molar-refractivity contribution in [2.24, 2.45) is 5.10 Å². The minimum absolute atomic E-state index is 0.107. The molecule has 7 heteroatoms. The van der Waals surface area contributed by atoms with Gasteiger partial charge in [-0.05, 0) is 36.2 Å². The number of carbonyl (C=O) groups excluding carboxylic acids is 1. The molecule has 7 nitrogen and oxygen atoms in total. The SMILES string of the molecule is Cc1ccc(C(=O)N/N=C/c2cccc(OCc3ccccc3)c2)cc1[N+](=O)[O-]. The summed E-state index contributed by atoms with van der Waals surface area (Å²) in [5.41, 5.74) is 4.73. The van der Waals surface area contributed by atoms with Crippen LogP contribution >= 0.6 is 0 Å². The molecule has 29 heavy (non-hydrogen) atoms. The van der Waals surface area contributed by atoms with Crippen molar-refractivity contribution in [1.29, 1.82) is 0 Å². The maximum absolute atomic E-state index is 12.2. The second-order valence-corrected chi connectivity index (χ2v) is 6.30. The van der Waals surface area contributed by atoms with Crippen LogP contribution in [0.5, 0.6) is 5.75 Å². The summed E-state index contributed by atoms with van der Waals surface area (Å²) in [7, 11) is 0. The molecular weight excluding hydrogens is 370 g/mol. The Morgan fingerprint density at radius 2 is 1.90 bits per heavy atom. The first-order valence-corrected chi connectivity index (χ1v) is 8.88. The van der Waals surface area contributed by atoms with Gasteiger partial charge in [0.05, 0.1) is 11.1 Å². The fourth-order valence-electron chi connectivity index (χ4n) is 2.60. The average Bonchev–Trinajstić information content (AvgIpc) is 2.73. The highest BCUT2D eigenvalue weighted by Gasteiger charge is 2.14. The van der Waals surface area contributed by atoms with E-state index in [1.165, 1.54) is 24.4 Å². The highest BCUT2D eigenvalue weighted by atomic mass is 16.6. The number of nitrogens with zero attached hydrogens (tertiary/aromatic N) is 2. The molecule has 0 radical (unpaired) electrons. The van der Waals surface area contributed by atoms with Crippen molar-refractivity contribution in [3.8, 4) is 5.75 Å². The molecule has 0 atom stereocenters. The zero-order valence-electron chi connectivity index (χ0n) is 15.7. The van der Waals surface area contributed by atoms with Crippen LogP contribution in [-0.4, -0.2) is 17.0 Å². The van der Waals surface area contributed by atoms with Gasteiger partial charge in [0.1, 0.15) is 12.4 Å². The third kappa shape index (κ3) is 5.49. The van der Waals surface area contributed by atoms with Gasteiger partial charge in [0.15, 0.2) is 0 Å². The third-order valence-corrected chi connectivity index (χ3v) is 4.15. The van der Waals surface area contributed by atoms with Gasteiger partial charge in [-0.15, -0.1) is 0 Å². The molecule has 3 rings (SSSR count). The second-order valence-electron chi connectivity index (χ2n) is 6.30. The number of hydrazone groups is 1. The van der Waals surface area contributed by atoms with Crippen LogP contribution < -0.4 is 10.2 Å². The lowest BCUT2D eigenvalue weighted by molar-refractivity contribution is -0.385. The summed E-state index contributed by atoms with van der Waals surface area (Å²) in [6.45, 7) is 2.06. The number of rotatable bonds is 7. The summed E-state index contributed by atoms with van der Waals surface area (Å²) < 4.78 is 5.76. The van der Waals surface area contributed by atoms with Gasteiger partial charge >= 0.3 is 0 Å². The number of hydrogen-bond donors (Lipinski definition) is 1. The van der Waals surface area contributed by atoms with E-state index in [1.54, 1.807) is 13.0 Å². The molecule has 0 spiro atoms. The standard InChI is InChI=1S/C22H19N3O4/c1-16-10-11-19(13-21(16)25(27)28)22(26)24-23-14-18-8-5-9-20(12-18)29-15-17-6-3-2-4-7-17/h2-14H,15H2,1H3,(H,24,26)/b23-14+. The summed E-state index contributed by atoms with van der Waals surface area (Å²) in [6, 6.07) is 21.4. The zero-order chi connectivity index (χ0) is 20.6. The number of benzene rings is 3.